The molecule has 0 radical (unpaired) electrons. The average molecular weight is 360 g/mol. The van der Waals surface area contributed by atoms with E-state index in [1.165, 1.54) is 18.5 Å². The molecule has 0 saturated carbocycles. The number of alkyl halides is 3. The molecule has 0 aliphatic heterocycles. The second kappa shape index (κ2) is 6.36. The van der Waals surface area contributed by atoms with Gasteiger partial charge in [0.05, 0.1) is 11.3 Å². The van der Waals surface area contributed by atoms with Crippen LogP contribution in [0.2, 0.25) is 0 Å². The molecule has 0 atom stereocenters. The number of anilines is 1. The van der Waals surface area contributed by atoms with Gasteiger partial charge in [-0.15, -0.1) is 0 Å². The maximum absolute atomic E-state index is 14.5. The minimum absolute atomic E-state index is 0.0253. The van der Waals surface area contributed by atoms with Crippen LogP contribution in [0.15, 0.2) is 36.7 Å². The highest BCUT2D eigenvalue weighted by molar-refractivity contribution is 5.74. The Labute approximate surface area is 144 Å². The number of aromatic nitrogens is 4. The summed E-state index contributed by atoms with van der Waals surface area (Å²) in [5, 5.41) is 9.26. The van der Waals surface area contributed by atoms with Gasteiger partial charge in [-0.3, -0.25) is 0 Å². The lowest BCUT2D eigenvalue weighted by Gasteiger charge is -2.13. The maximum Gasteiger partial charge on any atom is 0.419 e. The van der Waals surface area contributed by atoms with Crippen molar-refractivity contribution in [1.82, 2.24) is 19.9 Å². The number of hydrogen-bond donors (Lipinski definition) is 1. The van der Waals surface area contributed by atoms with E-state index in [-0.39, 0.29) is 28.7 Å². The van der Waals surface area contributed by atoms with E-state index < -0.39 is 23.1 Å². The molecular formula is C16H8F4N6. The van der Waals surface area contributed by atoms with Crippen LogP contribution >= 0.6 is 0 Å². The molecule has 1 aromatic carbocycles. The van der Waals surface area contributed by atoms with Crippen LogP contribution in [0.5, 0.6) is 0 Å². The van der Waals surface area contributed by atoms with Gasteiger partial charge in [-0.2, -0.15) is 18.4 Å². The van der Waals surface area contributed by atoms with Crippen LogP contribution in [0.3, 0.4) is 0 Å². The fourth-order valence-corrected chi connectivity index (χ4v) is 2.23. The van der Waals surface area contributed by atoms with E-state index in [0.717, 1.165) is 12.1 Å². The van der Waals surface area contributed by atoms with Gasteiger partial charge in [0.1, 0.15) is 23.3 Å². The highest BCUT2D eigenvalue weighted by Crippen LogP contribution is 2.36. The molecular weight excluding hydrogens is 352 g/mol. The third kappa shape index (κ3) is 3.02. The molecule has 0 aliphatic carbocycles. The predicted octanol–water partition coefficient (Wildman–Crippen LogP) is 3.21. The normalized spacial score (nSPS) is 11.2. The van der Waals surface area contributed by atoms with Crippen molar-refractivity contribution in [2.24, 2.45) is 0 Å². The molecule has 2 aromatic heterocycles. The lowest BCUT2D eigenvalue weighted by atomic mass is 10.0. The van der Waals surface area contributed by atoms with Crippen molar-refractivity contribution in [2.45, 2.75) is 6.18 Å². The van der Waals surface area contributed by atoms with E-state index in [1.54, 1.807) is 6.07 Å². The molecule has 130 valence electrons. The molecule has 0 amide bonds. The van der Waals surface area contributed by atoms with Crippen molar-refractivity contribution in [2.75, 3.05) is 5.73 Å². The topological polar surface area (TPSA) is 101 Å². The van der Waals surface area contributed by atoms with Crippen LogP contribution in [0.4, 0.5) is 23.4 Å². The zero-order valence-electron chi connectivity index (χ0n) is 12.8. The summed E-state index contributed by atoms with van der Waals surface area (Å²) in [5.41, 5.74) is 2.99. The van der Waals surface area contributed by atoms with E-state index >= 15 is 0 Å². The van der Waals surface area contributed by atoms with Crippen molar-refractivity contribution in [1.29, 1.82) is 5.26 Å². The third-order valence-electron chi connectivity index (χ3n) is 3.37. The van der Waals surface area contributed by atoms with Crippen molar-refractivity contribution in [3.63, 3.8) is 0 Å². The Kier molecular flexibility index (Phi) is 4.21. The minimum Gasteiger partial charge on any atom is -0.382 e. The molecule has 3 aromatic rings. The van der Waals surface area contributed by atoms with E-state index in [9.17, 15) is 22.8 Å². The summed E-state index contributed by atoms with van der Waals surface area (Å²) in [6.07, 6.45) is -2.12. The lowest BCUT2D eigenvalue weighted by molar-refractivity contribution is -0.139. The lowest BCUT2D eigenvalue weighted by Crippen LogP contribution is -2.10. The van der Waals surface area contributed by atoms with Gasteiger partial charge < -0.3 is 5.73 Å². The van der Waals surface area contributed by atoms with Crippen molar-refractivity contribution < 1.29 is 17.6 Å². The maximum atomic E-state index is 14.5. The summed E-state index contributed by atoms with van der Waals surface area (Å²) in [5.74, 6) is -2.00. The second-order valence-electron chi connectivity index (χ2n) is 5.01. The number of nitrogens with two attached hydrogens (primary N) is 1. The molecule has 0 aliphatic rings. The fraction of sp³-hybridized carbons (Fsp3) is 0.0625. The first-order valence-corrected chi connectivity index (χ1v) is 7.04. The Balaban J connectivity index is 2.29. The number of nitriles is 1. The summed E-state index contributed by atoms with van der Waals surface area (Å²) in [7, 11) is 0. The second-order valence-corrected chi connectivity index (χ2v) is 5.01. The summed E-state index contributed by atoms with van der Waals surface area (Å²) in [6.45, 7) is 0. The van der Waals surface area contributed by atoms with E-state index in [1.807, 2.05) is 0 Å². The number of benzene rings is 1. The molecule has 26 heavy (non-hydrogen) atoms. The molecule has 3 rings (SSSR count). The van der Waals surface area contributed by atoms with E-state index in [4.69, 9.17) is 5.73 Å². The van der Waals surface area contributed by atoms with Crippen LogP contribution < -0.4 is 5.73 Å². The van der Waals surface area contributed by atoms with Gasteiger partial charge in [-0.05, 0) is 18.2 Å². The molecule has 0 spiro atoms. The molecule has 0 unspecified atom stereocenters. The van der Waals surface area contributed by atoms with Gasteiger partial charge in [0.25, 0.3) is 0 Å². The molecule has 6 nitrogen and oxygen atoms in total. The minimum atomic E-state index is -4.91. The Hall–Kier alpha value is -3.61. The number of rotatable bonds is 2. The highest BCUT2D eigenvalue weighted by Gasteiger charge is 2.35. The molecule has 2 N–H and O–H groups in total. The van der Waals surface area contributed by atoms with Crippen LogP contribution in [-0.4, -0.2) is 19.9 Å². The first kappa shape index (κ1) is 17.2. The third-order valence-corrected chi connectivity index (χ3v) is 3.37. The molecule has 0 fully saturated rings. The standard InChI is InChI=1S/C16H8F4N6/c17-11-8(3-1-4-10(11)16(18,19)20)12-9(7-21)13(22)26-15(25-12)14-23-5-2-6-24-14/h1-6H,(H2,22,25,26). The zero-order valence-corrected chi connectivity index (χ0v) is 12.8. The molecule has 10 heteroatoms. The average Bonchev–Trinajstić information content (AvgIpc) is 2.61. The van der Waals surface area contributed by atoms with E-state index in [2.05, 4.69) is 19.9 Å². The summed E-state index contributed by atoms with van der Waals surface area (Å²) >= 11 is 0. The van der Waals surface area contributed by atoms with Crippen LogP contribution in [0.1, 0.15) is 11.1 Å². The van der Waals surface area contributed by atoms with Gasteiger partial charge in [0.2, 0.25) is 0 Å². The first-order valence-electron chi connectivity index (χ1n) is 7.04. The van der Waals surface area contributed by atoms with Gasteiger partial charge in [0, 0.05) is 18.0 Å². The quantitative estimate of drug-likeness (QED) is 0.704. The Bertz CT molecular complexity index is 1010. The van der Waals surface area contributed by atoms with Gasteiger partial charge >= 0.3 is 6.18 Å². The number of halogens is 4. The van der Waals surface area contributed by atoms with Crippen LogP contribution in [0.25, 0.3) is 22.9 Å². The summed E-state index contributed by atoms with van der Waals surface area (Å²) < 4.78 is 53.4. The van der Waals surface area contributed by atoms with Crippen LogP contribution in [-0.2, 0) is 6.18 Å². The fourth-order valence-electron chi connectivity index (χ4n) is 2.23. The smallest absolute Gasteiger partial charge is 0.382 e. The Morgan fingerprint density at radius 2 is 1.69 bits per heavy atom. The van der Waals surface area contributed by atoms with Gasteiger partial charge in [-0.1, -0.05) is 6.07 Å². The molecule has 2 heterocycles. The number of hydrogen-bond acceptors (Lipinski definition) is 6. The monoisotopic (exact) mass is 360 g/mol. The van der Waals surface area contributed by atoms with Crippen LogP contribution in [0, 0.1) is 17.1 Å². The Morgan fingerprint density at radius 1 is 1.00 bits per heavy atom. The van der Waals surface area contributed by atoms with Crippen molar-refractivity contribution in [3.8, 4) is 29.0 Å². The van der Waals surface area contributed by atoms with Crippen molar-refractivity contribution in [3.05, 3.63) is 53.6 Å². The summed E-state index contributed by atoms with van der Waals surface area (Å²) in [6, 6.07) is 5.90. The summed E-state index contributed by atoms with van der Waals surface area (Å²) in [4.78, 5) is 15.7. The SMILES string of the molecule is N#Cc1c(N)nc(-c2ncccn2)nc1-c1cccc(C(F)(F)F)c1F. The molecule has 0 bridgehead atoms. The highest BCUT2D eigenvalue weighted by atomic mass is 19.4. The van der Waals surface area contributed by atoms with Gasteiger partial charge in [0.15, 0.2) is 11.6 Å². The Morgan fingerprint density at radius 3 is 2.31 bits per heavy atom. The first-order chi connectivity index (χ1) is 12.3. The predicted molar refractivity (Wildman–Crippen MR) is 82.6 cm³/mol. The van der Waals surface area contributed by atoms with Gasteiger partial charge in [-0.25, -0.2) is 24.3 Å². The number of nitrogen functional groups attached to an aromatic ring is 1. The van der Waals surface area contributed by atoms with Crippen molar-refractivity contribution >= 4 is 5.82 Å². The molecule has 0 saturated heterocycles. The zero-order chi connectivity index (χ0) is 18.9. The largest absolute Gasteiger partial charge is 0.419 e. The number of nitrogens with zero attached hydrogens (tertiary/aromatic N) is 5. The van der Waals surface area contributed by atoms with E-state index in [0.29, 0.717) is 6.07 Å².